The average molecular weight is 395 g/mol. The van der Waals surface area contributed by atoms with Crippen molar-refractivity contribution < 1.29 is 9.53 Å². The van der Waals surface area contributed by atoms with Crippen LogP contribution in [0.3, 0.4) is 0 Å². The van der Waals surface area contributed by atoms with Crippen molar-refractivity contribution in [2.24, 2.45) is 0 Å². The number of benzene rings is 2. The molecule has 0 bridgehead atoms. The average Bonchev–Trinajstić information content (AvgIpc) is 2.79. The maximum atomic E-state index is 13.5. The summed E-state index contributed by atoms with van der Waals surface area (Å²) >= 11 is 0. The van der Waals surface area contributed by atoms with Crippen molar-refractivity contribution in [3.8, 4) is 5.75 Å². The number of pyridine rings is 2. The first-order valence-electron chi connectivity index (χ1n) is 9.99. The molecule has 30 heavy (non-hydrogen) atoms. The lowest BCUT2D eigenvalue weighted by Gasteiger charge is -2.39. The smallest absolute Gasteiger partial charge is 0.271 e. The molecule has 1 aliphatic rings. The predicted molar refractivity (Wildman–Crippen MR) is 116 cm³/mol. The number of aryl methyl sites for hydroxylation is 1. The van der Waals surface area contributed by atoms with Crippen molar-refractivity contribution in [1.29, 1.82) is 0 Å². The van der Waals surface area contributed by atoms with E-state index in [-0.39, 0.29) is 5.91 Å². The Morgan fingerprint density at radius 1 is 0.967 bits per heavy atom. The lowest BCUT2D eigenvalue weighted by molar-refractivity contribution is 0.0880. The maximum absolute atomic E-state index is 13.5. The number of hydrogen-bond donors (Lipinski definition) is 1. The van der Waals surface area contributed by atoms with Crippen LogP contribution in [0.2, 0.25) is 0 Å². The van der Waals surface area contributed by atoms with Crippen molar-refractivity contribution in [3.63, 3.8) is 0 Å². The predicted octanol–water partition coefficient (Wildman–Crippen LogP) is 4.39. The van der Waals surface area contributed by atoms with Gasteiger partial charge in [-0.2, -0.15) is 0 Å². The van der Waals surface area contributed by atoms with Gasteiger partial charge in [0, 0.05) is 24.2 Å². The molecule has 1 atom stereocenters. The van der Waals surface area contributed by atoms with Crippen molar-refractivity contribution in [2.45, 2.75) is 18.9 Å². The highest BCUT2D eigenvalue weighted by molar-refractivity contribution is 6.05. The number of amides is 1. The number of aromatic nitrogens is 2. The van der Waals surface area contributed by atoms with Crippen LogP contribution in [0.25, 0.3) is 10.8 Å². The van der Waals surface area contributed by atoms with Gasteiger partial charge in [0.15, 0.2) is 0 Å². The quantitative estimate of drug-likeness (QED) is 0.559. The molecule has 2 aromatic heterocycles. The van der Waals surface area contributed by atoms with E-state index in [0.717, 1.165) is 21.9 Å². The van der Waals surface area contributed by atoms with E-state index in [1.807, 2.05) is 49.4 Å². The van der Waals surface area contributed by atoms with Gasteiger partial charge in [0.05, 0.1) is 6.61 Å². The molecule has 5 rings (SSSR count). The van der Waals surface area contributed by atoms with E-state index in [1.165, 1.54) is 0 Å². The molecule has 0 spiro atoms. The van der Waals surface area contributed by atoms with Gasteiger partial charge in [0.2, 0.25) is 0 Å². The van der Waals surface area contributed by atoms with Crippen LogP contribution < -0.4 is 10.1 Å². The fraction of sp³-hybridized carbons (Fsp3) is 0.160. The molecule has 0 unspecified atom stereocenters. The van der Waals surface area contributed by atoms with Gasteiger partial charge in [-0.1, -0.05) is 54.1 Å². The summed E-state index contributed by atoms with van der Waals surface area (Å²) in [5.41, 5.74) is 2.46. The number of carbonyl (C=O) groups is 1. The van der Waals surface area contributed by atoms with E-state index >= 15 is 0 Å². The van der Waals surface area contributed by atoms with Gasteiger partial charge >= 0.3 is 0 Å². The molecule has 1 aliphatic heterocycles. The molecular formula is C25H21N3O2. The van der Waals surface area contributed by atoms with Gasteiger partial charge in [-0.25, -0.2) is 0 Å². The van der Waals surface area contributed by atoms with Crippen LogP contribution in [0.1, 0.15) is 33.7 Å². The Bertz CT molecular complexity index is 1230. The fourth-order valence-electron chi connectivity index (χ4n) is 4.13. The first-order chi connectivity index (χ1) is 14.7. The third-order valence-electron chi connectivity index (χ3n) is 5.67. The van der Waals surface area contributed by atoms with E-state index in [4.69, 9.17) is 4.74 Å². The Morgan fingerprint density at radius 2 is 1.80 bits per heavy atom. The fourth-order valence-corrected chi connectivity index (χ4v) is 4.13. The number of carbonyl (C=O) groups excluding carboxylic acids is 1. The summed E-state index contributed by atoms with van der Waals surface area (Å²) < 4.78 is 5.85. The molecule has 1 N–H and O–H groups in total. The lowest BCUT2D eigenvalue weighted by Crippen LogP contribution is -2.50. The number of rotatable bonds is 3. The van der Waals surface area contributed by atoms with Crippen molar-refractivity contribution in [2.75, 3.05) is 6.61 Å². The molecule has 148 valence electrons. The summed E-state index contributed by atoms with van der Waals surface area (Å²) in [7, 11) is 0. The molecular weight excluding hydrogens is 374 g/mol. The topological polar surface area (TPSA) is 64.1 Å². The normalized spacial score (nSPS) is 17.8. The zero-order valence-corrected chi connectivity index (χ0v) is 16.6. The van der Waals surface area contributed by atoms with Crippen LogP contribution in [-0.4, -0.2) is 22.5 Å². The third kappa shape index (κ3) is 2.99. The van der Waals surface area contributed by atoms with E-state index < -0.39 is 5.54 Å². The van der Waals surface area contributed by atoms with E-state index in [9.17, 15) is 4.79 Å². The Balaban J connectivity index is 1.65. The highest BCUT2D eigenvalue weighted by atomic mass is 16.5. The number of nitrogens with one attached hydrogen (secondary N) is 1. The number of hydrogen-bond acceptors (Lipinski definition) is 4. The number of ether oxygens (including phenoxy) is 1. The van der Waals surface area contributed by atoms with Gasteiger partial charge in [-0.15, -0.1) is 0 Å². The Kier molecular flexibility index (Phi) is 4.43. The van der Waals surface area contributed by atoms with Gasteiger partial charge in [-0.3, -0.25) is 14.8 Å². The molecule has 1 amide bonds. The molecule has 0 fully saturated rings. The zero-order valence-electron chi connectivity index (χ0n) is 16.6. The van der Waals surface area contributed by atoms with E-state index in [1.54, 1.807) is 12.4 Å². The number of nitrogens with zero attached hydrogens (tertiary/aromatic N) is 2. The highest BCUT2D eigenvalue weighted by Crippen LogP contribution is 2.40. The Morgan fingerprint density at radius 3 is 2.67 bits per heavy atom. The van der Waals surface area contributed by atoms with Crippen LogP contribution in [-0.2, 0) is 5.54 Å². The van der Waals surface area contributed by atoms with Crippen molar-refractivity contribution in [1.82, 2.24) is 15.3 Å². The lowest BCUT2D eigenvalue weighted by atomic mass is 9.81. The molecule has 0 saturated carbocycles. The largest absolute Gasteiger partial charge is 0.491 e. The van der Waals surface area contributed by atoms with Gasteiger partial charge in [0.1, 0.15) is 22.7 Å². The van der Waals surface area contributed by atoms with E-state index in [2.05, 4.69) is 39.6 Å². The van der Waals surface area contributed by atoms with Crippen LogP contribution in [0.15, 0.2) is 79.1 Å². The van der Waals surface area contributed by atoms with Gasteiger partial charge < -0.3 is 10.1 Å². The molecule has 3 heterocycles. The Hall–Kier alpha value is -3.73. The second kappa shape index (κ2) is 7.26. The molecule has 0 radical (unpaired) electrons. The highest BCUT2D eigenvalue weighted by Gasteiger charge is 2.42. The summed E-state index contributed by atoms with van der Waals surface area (Å²) in [6.07, 6.45) is 3.99. The summed E-state index contributed by atoms with van der Waals surface area (Å²) in [5.74, 6) is 0.460. The van der Waals surface area contributed by atoms with Crippen molar-refractivity contribution in [3.05, 3.63) is 102 Å². The zero-order chi connectivity index (χ0) is 20.6. The van der Waals surface area contributed by atoms with E-state index in [0.29, 0.717) is 30.2 Å². The molecule has 4 aromatic rings. The minimum absolute atomic E-state index is 0.231. The number of fused-ring (bicyclic) bond motifs is 2. The monoisotopic (exact) mass is 395 g/mol. The summed E-state index contributed by atoms with van der Waals surface area (Å²) in [4.78, 5) is 22.6. The third-order valence-corrected chi connectivity index (χ3v) is 5.67. The molecule has 5 heteroatoms. The second-order valence-corrected chi connectivity index (χ2v) is 7.55. The molecule has 5 nitrogen and oxygen atoms in total. The standard InChI is InChI=1S/C25H21N3O2/c1-17-8-10-19(11-9-17)25(13-16-30-21-7-4-14-27-23(21)25)28-24(29)22-20-6-3-2-5-18(20)12-15-26-22/h2-12,14-15H,13,16H2,1H3,(H,28,29)/t25-/m0/s1. The maximum Gasteiger partial charge on any atom is 0.271 e. The first kappa shape index (κ1) is 18.3. The summed E-state index contributed by atoms with van der Waals surface area (Å²) in [5, 5.41) is 5.09. The molecule has 0 aliphatic carbocycles. The van der Waals surface area contributed by atoms with Crippen molar-refractivity contribution >= 4 is 16.7 Å². The SMILES string of the molecule is Cc1ccc([C@@]2(NC(=O)c3nccc4ccccc34)CCOc3cccnc32)cc1. The second-order valence-electron chi connectivity index (χ2n) is 7.55. The summed E-state index contributed by atoms with van der Waals surface area (Å²) in [6, 6.07) is 21.6. The minimum atomic E-state index is -0.793. The molecule has 0 saturated heterocycles. The van der Waals surface area contributed by atoms with Crippen LogP contribution in [0.5, 0.6) is 5.75 Å². The van der Waals surface area contributed by atoms with Gasteiger partial charge in [0.25, 0.3) is 5.91 Å². The molecule has 2 aromatic carbocycles. The van der Waals surface area contributed by atoms with Crippen LogP contribution >= 0.6 is 0 Å². The van der Waals surface area contributed by atoms with Gasteiger partial charge in [-0.05, 0) is 36.1 Å². The minimum Gasteiger partial charge on any atom is -0.491 e. The summed E-state index contributed by atoms with van der Waals surface area (Å²) in [6.45, 7) is 2.53. The van der Waals surface area contributed by atoms with Crippen LogP contribution in [0.4, 0.5) is 0 Å². The first-order valence-corrected chi connectivity index (χ1v) is 9.99. The Labute approximate surface area is 174 Å². The van der Waals surface area contributed by atoms with Crippen LogP contribution in [0, 0.1) is 6.92 Å².